The summed E-state index contributed by atoms with van der Waals surface area (Å²) in [6.45, 7) is 8.29. The number of esters is 1. The lowest BCUT2D eigenvalue weighted by Gasteiger charge is -2.21. The quantitative estimate of drug-likeness (QED) is 0.537. The average Bonchev–Trinajstić information content (AvgIpc) is 2.23. The summed E-state index contributed by atoms with van der Waals surface area (Å²) in [4.78, 5) is 24.9. The van der Waals surface area contributed by atoms with Crippen molar-refractivity contribution >= 4 is 11.9 Å². The van der Waals surface area contributed by atoms with Crippen LogP contribution in [0.5, 0.6) is 0 Å². The first-order chi connectivity index (χ1) is 8.30. The van der Waals surface area contributed by atoms with Crippen LogP contribution in [0, 0.1) is 12.3 Å². The second-order valence-corrected chi connectivity index (χ2v) is 5.11. The Hall–Kier alpha value is -1.50. The molecule has 0 radical (unpaired) electrons. The first-order valence-electron chi connectivity index (χ1n) is 6.23. The molecule has 1 amide bonds. The molecule has 0 aromatic rings. The van der Waals surface area contributed by atoms with E-state index >= 15 is 0 Å². The molecule has 0 unspecified atom stereocenters. The molecule has 0 heterocycles. The van der Waals surface area contributed by atoms with Gasteiger partial charge in [0.2, 0.25) is 5.91 Å². The van der Waals surface area contributed by atoms with Crippen molar-refractivity contribution in [2.45, 2.75) is 52.6 Å². The molecule has 0 aliphatic heterocycles. The number of rotatable bonds is 6. The Kier molecular flexibility index (Phi) is 7.11. The van der Waals surface area contributed by atoms with Crippen LogP contribution in [0.1, 0.15) is 47.0 Å². The number of hydrogen-bond donors (Lipinski definition) is 0. The van der Waals surface area contributed by atoms with E-state index in [1.807, 2.05) is 6.92 Å². The van der Waals surface area contributed by atoms with Crippen LogP contribution < -0.4 is 0 Å². The van der Waals surface area contributed by atoms with Crippen LogP contribution in [0.3, 0.4) is 0 Å². The van der Waals surface area contributed by atoms with E-state index in [-0.39, 0.29) is 24.7 Å². The minimum Gasteiger partial charge on any atom is -0.460 e. The Balaban J connectivity index is 4.15. The number of amides is 1. The van der Waals surface area contributed by atoms with Crippen LogP contribution in [0.25, 0.3) is 0 Å². The van der Waals surface area contributed by atoms with Gasteiger partial charge in [-0.1, -0.05) is 12.8 Å². The van der Waals surface area contributed by atoms with E-state index in [1.165, 1.54) is 0 Å². The maximum atomic E-state index is 11.8. The van der Waals surface area contributed by atoms with Crippen molar-refractivity contribution < 1.29 is 14.3 Å². The third-order valence-electron chi connectivity index (χ3n) is 2.09. The summed E-state index contributed by atoms with van der Waals surface area (Å²) in [5.74, 6) is 2.00. The third kappa shape index (κ3) is 7.72. The van der Waals surface area contributed by atoms with Crippen LogP contribution >= 0.6 is 0 Å². The highest BCUT2D eigenvalue weighted by atomic mass is 16.6. The Morgan fingerprint density at radius 2 is 1.89 bits per heavy atom. The first-order valence-corrected chi connectivity index (χ1v) is 6.23. The summed E-state index contributed by atoms with van der Waals surface area (Å²) in [6.07, 6.45) is 6.30. The van der Waals surface area contributed by atoms with Crippen molar-refractivity contribution in [2.24, 2.45) is 0 Å². The molecule has 4 heteroatoms. The predicted molar refractivity (Wildman–Crippen MR) is 70.8 cm³/mol. The van der Waals surface area contributed by atoms with Crippen molar-refractivity contribution in [2.75, 3.05) is 13.1 Å². The van der Waals surface area contributed by atoms with Crippen molar-refractivity contribution in [1.82, 2.24) is 4.90 Å². The van der Waals surface area contributed by atoms with E-state index in [1.54, 1.807) is 25.7 Å². The Morgan fingerprint density at radius 3 is 2.33 bits per heavy atom. The van der Waals surface area contributed by atoms with Gasteiger partial charge in [0.25, 0.3) is 0 Å². The maximum absolute atomic E-state index is 11.8. The number of nitrogens with zero attached hydrogens (tertiary/aromatic N) is 1. The minimum absolute atomic E-state index is 0.0966. The molecule has 0 aromatic heterocycles. The molecule has 0 aliphatic carbocycles. The normalized spacial score (nSPS) is 10.6. The van der Waals surface area contributed by atoms with Gasteiger partial charge in [-0.05, 0) is 27.2 Å². The fourth-order valence-corrected chi connectivity index (χ4v) is 1.43. The highest BCUT2D eigenvalue weighted by Crippen LogP contribution is 2.09. The van der Waals surface area contributed by atoms with Crippen molar-refractivity contribution in [3.8, 4) is 12.3 Å². The monoisotopic (exact) mass is 253 g/mol. The summed E-state index contributed by atoms with van der Waals surface area (Å²) in [5, 5.41) is 0. The van der Waals surface area contributed by atoms with Crippen LogP contribution in [-0.2, 0) is 14.3 Å². The molecule has 18 heavy (non-hydrogen) atoms. The summed E-state index contributed by atoms with van der Waals surface area (Å²) >= 11 is 0. The lowest BCUT2D eigenvalue weighted by Crippen LogP contribution is -2.33. The van der Waals surface area contributed by atoms with E-state index in [0.29, 0.717) is 13.1 Å². The van der Waals surface area contributed by atoms with Gasteiger partial charge in [0, 0.05) is 13.0 Å². The van der Waals surface area contributed by atoms with Crippen LogP contribution in [-0.4, -0.2) is 35.5 Å². The first kappa shape index (κ1) is 16.5. The van der Waals surface area contributed by atoms with Crippen molar-refractivity contribution in [1.29, 1.82) is 0 Å². The van der Waals surface area contributed by atoms with Gasteiger partial charge in [0.15, 0.2) is 0 Å². The Morgan fingerprint density at radius 1 is 1.28 bits per heavy atom. The molecule has 0 saturated heterocycles. The van der Waals surface area contributed by atoms with Crippen LogP contribution in [0.15, 0.2) is 0 Å². The molecule has 4 nitrogen and oxygen atoms in total. The molecule has 0 atom stereocenters. The molecule has 0 spiro atoms. The molecule has 0 aliphatic rings. The third-order valence-corrected chi connectivity index (χ3v) is 2.09. The maximum Gasteiger partial charge on any atom is 0.306 e. The van der Waals surface area contributed by atoms with Gasteiger partial charge in [0.1, 0.15) is 5.60 Å². The zero-order valence-corrected chi connectivity index (χ0v) is 11.8. The van der Waals surface area contributed by atoms with Gasteiger partial charge >= 0.3 is 5.97 Å². The average molecular weight is 253 g/mol. The Labute approximate surface area is 110 Å². The van der Waals surface area contributed by atoms with Crippen molar-refractivity contribution in [3.63, 3.8) is 0 Å². The zero-order valence-electron chi connectivity index (χ0n) is 11.8. The second-order valence-electron chi connectivity index (χ2n) is 5.11. The summed E-state index contributed by atoms with van der Waals surface area (Å²) in [5.41, 5.74) is -0.512. The van der Waals surface area contributed by atoms with E-state index in [9.17, 15) is 9.59 Å². The van der Waals surface area contributed by atoms with E-state index in [0.717, 1.165) is 6.42 Å². The lowest BCUT2D eigenvalue weighted by atomic mass is 10.2. The molecular weight excluding hydrogens is 230 g/mol. The van der Waals surface area contributed by atoms with Gasteiger partial charge in [0.05, 0.1) is 13.0 Å². The molecule has 0 fully saturated rings. The number of hydrogen-bond acceptors (Lipinski definition) is 3. The molecule has 0 bridgehead atoms. The molecule has 0 aromatic carbocycles. The highest BCUT2D eigenvalue weighted by molar-refractivity contribution is 5.81. The van der Waals surface area contributed by atoms with E-state index in [2.05, 4.69) is 5.92 Å². The molecule has 0 rings (SSSR count). The summed E-state index contributed by atoms with van der Waals surface area (Å²) in [6, 6.07) is 0. The number of carbonyl (C=O) groups is 2. The van der Waals surface area contributed by atoms with Crippen molar-refractivity contribution in [3.05, 3.63) is 0 Å². The SMILES string of the molecule is C#CCN(CCC)C(=O)CCC(=O)OC(C)(C)C. The van der Waals surface area contributed by atoms with E-state index in [4.69, 9.17) is 11.2 Å². The van der Waals surface area contributed by atoms with Crippen LogP contribution in [0.4, 0.5) is 0 Å². The lowest BCUT2D eigenvalue weighted by molar-refractivity contribution is -0.156. The fraction of sp³-hybridized carbons (Fsp3) is 0.714. The number of carbonyl (C=O) groups excluding carboxylic acids is 2. The predicted octanol–water partition coefficient (Wildman–Crippen LogP) is 1.98. The van der Waals surface area contributed by atoms with Gasteiger partial charge in [-0.25, -0.2) is 0 Å². The smallest absolute Gasteiger partial charge is 0.306 e. The number of ether oxygens (including phenoxy) is 1. The van der Waals surface area contributed by atoms with Gasteiger partial charge in [-0.15, -0.1) is 6.42 Å². The minimum atomic E-state index is -0.512. The van der Waals surface area contributed by atoms with Gasteiger partial charge in [-0.3, -0.25) is 9.59 Å². The summed E-state index contributed by atoms with van der Waals surface area (Å²) < 4.78 is 5.14. The van der Waals surface area contributed by atoms with Gasteiger partial charge < -0.3 is 9.64 Å². The molecule has 102 valence electrons. The van der Waals surface area contributed by atoms with Crippen LogP contribution in [0.2, 0.25) is 0 Å². The molecule has 0 saturated carbocycles. The number of terminal acetylenes is 1. The zero-order chi connectivity index (χ0) is 14.2. The standard InChI is InChI=1S/C14H23NO3/c1-6-10-15(11-7-2)12(16)8-9-13(17)18-14(3,4)5/h1H,7-11H2,2-5H3. The molecular formula is C14H23NO3. The Bertz CT molecular complexity index is 323. The fourth-order valence-electron chi connectivity index (χ4n) is 1.43. The molecule has 0 N–H and O–H groups in total. The van der Waals surface area contributed by atoms with Gasteiger partial charge in [-0.2, -0.15) is 0 Å². The summed E-state index contributed by atoms with van der Waals surface area (Å²) in [7, 11) is 0. The largest absolute Gasteiger partial charge is 0.460 e. The second kappa shape index (κ2) is 7.75. The topological polar surface area (TPSA) is 46.6 Å². The van der Waals surface area contributed by atoms with E-state index < -0.39 is 5.60 Å². The highest BCUT2D eigenvalue weighted by Gasteiger charge is 2.18.